The number of methoxy groups -OCH3 is 1. The molecule has 0 aromatic heterocycles. The van der Waals surface area contributed by atoms with Crippen LogP contribution in [0.2, 0.25) is 0 Å². The molecule has 2 atom stereocenters. The molecule has 0 fully saturated rings. The summed E-state index contributed by atoms with van der Waals surface area (Å²) in [6.07, 6.45) is -0.121. The summed E-state index contributed by atoms with van der Waals surface area (Å²) in [7, 11) is 1.61. The second-order valence-electron chi connectivity index (χ2n) is 1.48. The lowest BCUT2D eigenvalue weighted by atomic mass is 10.7. The summed E-state index contributed by atoms with van der Waals surface area (Å²) in [5.41, 5.74) is 0. The Bertz CT molecular complexity index is 56.4. The first-order valence-electron chi connectivity index (χ1n) is 2.49. The van der Waals surface area contributed by atoms with Gasteiger partial charge in [0.1, 0.15) is 5.01 Å². The monoisotopic (exact) mass is 182 g/mol. The van der Waals surface area contributed by atoms with Gasteiger partial charge in [-0.15, -0.1) is 0 Å². The van der Waals surface area contributed by atoms with E-state index in [1.807, 2.05) is 13.8 Å². The fourth-order valence-corrected chi connectivity index (χ4v) is 0.624. The van der Waals surface area contributed by atoms with E-state index in [4.69, 9.17) is 9.47 Å². The number of alkyl halides is 1. The molecule has 0 saturated heterocycles. The Morgan fingerprint density at radius 1 is 1.38 bits per heavy atom. The number of ether oxygens (including phenoxy) is 2. The van der Waals surface area contributed by atoms with E-state index in [-0.39, 0.29) is 11.3 Å². The van der Waals surface area contributed by atoms with E-state index < -0.39 is 0 Å². The van der Waals surface area contributed by atoms with E-state index in [0.717, 1.165) is 0 Å². The summed E-state index contributed by atoms with van der Waals surface area (Å²) in [6.45, 7) is 3.74. The molecule has 2 unspecified atom stereocenters. The number of rotatable bonds is 3. The highest BCUT2D eigenvalue weighted by molar-refractivity contribution is 9.09. The van der Waals surface area contributed by atoms with Gasteiger partial charge in [-0.2, -0.15) is 0 Å². The van der Waals surface area contributed by atoms with E-state index in [2.05, 4.69) is 15.9 Å². The predicted octanol–water partition coefficient (Wildman–Crippen LogP) is 1.74. The van der Waals surface area contributed by atoms with Crippen LogP contribution in [-0.2, 0) is 9.47 Å². The molecule has 0 N–H and O–H groups in total. The molecule has 50 valence electrons. The Balaban J connectivity index is 3.10. The number of halogens is 1. The molecule has 0 aliphatic heterocycles. The molecule has 0 aliphatic carbocycles. The average molecular weight is 183 g/mol. The lowest BCUT2D eigenvalue weighted by Crippen LogP contribution is -2.13. The minimum Gasteiger partial charge on any atom is -0.356 e. The molecule has 0 aliphatic rings. The summed E-state index contributed by atoms with van der Waals surface area (Å²) < 4.78 is 9.90. The van der Waals surface area contributed by atoms with Crippen molar-refractivity contribution in [1.82, 2.24) is 0 Å². The van der Waals surface area contributed by atoms with E-state index in [1.165, 1.54) is 0 Å². The van der Waals surface area contributed by atoms with Crippen molar-refractivity contribution in [2.45, 2.75) is 25.2 Å². The van der Waals surface area contributed by atoms with Gasteiger partial charge in [0.25, 0.3) is 0 Å². The van der Waals surface area contributed by atoms with Crippen LogP contribution in [0.3, 0.4) is 0 Å². The predicted molar refractivity (Wildman–Crippen MR) is 35.9 cm³/mol. The average Bonchev–Trinajstić information content (AvgIpc) is 1.65. The minimum atomic E-state index is -0.121. The Morgan fingerprint density at radius 3 is 2.00 bits per heavy atom. The third kappa shape index (κ3) is 4.56. The summed E-state index contributed by atoms with van der Waals surface area (Å²) in [6, 6.07) is 0. The smallest absolute Gasteiger partial charge is 0.155 e. The lowest BCUT2D eigenvalue weighted by molar-refractivity contribution is -0.114. The summed E-state index contributed by atoms with van der Waals surface area (Å²) >= 11 is 3.21. The second kappa shape index (κ2) is 4.30. The highest BCUT2D eigenvalue weighted by Crippen LogP contribution is 2.03. The zero-order valence-corrected chi connectivity index (χ0v) is 6.94. The van der Waals surface area contributed by atoms with Crippen molar-refractivity contribution in [3.05, 3.63) is 0 Å². The van der Waals surface area contributed by atoms with Gasteiger partial charge in [-0.1, -0.05) is 15.9 Å². The first-order valence-corrected chi connectivity index (χ1v) is 3.40. The molecule has 0 radical (unpaired) electrons. The molecule has 0 saturated carbocycles. The fourth-order valence-electron chi connectivity index (χ4n) is 0.320. The van der Waals surface area contributed by atoms with Crippen LogP contribution >= 0.6 is 15.9 Å². The topological polar surface area (TPSA) is 18.5 Å². The van der Waals surface area contributed by atoms with Crippen LogP contribution in [0.25, 0.3) is 0 Å². The third-order valence-electron chi connectivity index (χ3n) is 0.711. The van der Waals surface area contributed by atoms with Gasteiger partial charge >= 0.3 is 0 Å². The maximum atomic E-state index is 5.09. The van der Waals surface area contributed by atoms with Gasteiger partial charge in [-0.3, -0.25) is 0 Å². The van der Waals surface area contributed by atoms with Crippen molar-refractivity contribution in [1.29, 1.82) is 0 Å². The molecule has 0 bridgehead atoms. The molecule has 0 amide bonds. The second-order valence-corrected chi connectivity index (χ2v) is 2.77. The van der Waals surface area contributed by atoms with Crippen LogP contribution in [-0.4, -0.2) is 18.4 Å². The van der Waals surface area contributed by atoms with Crippen LogP contribution in [0.4, 0.5) is 0 Å². The Labute approximate surface area is 58.3 Å². The zero-order chi connectivity index (χ0) is 6.57. The van der Waals surface area contributed by atoms with E-state index >= 15 is 0 Å². The zero-order valence-electron chi connectivity index (χ0n) is 5.35. The van der Waals surface area contributed by atoms with Gasteiger partial charge in [-0.05, 0) is 13.8 Å². The molecule has 2 nitrogen and oxygen atoms in total. The first kappa shape index (κ1) is 8.40. The van der Waals surface area contributed by atoms with Crippen molar-refractivity contribution in [3.63, 3.8) is 0 Å². The standard InChI is InChI=1S/C5H11BrO2/c1-4(6)8-5(2)7-3/h4-5H,1-3H3. The van der Waals surface area contributed by atoms with E-state index in [1.54, 1.807) is 7.11 Å². The minimum absolute atomic E-state index is 0.0671. The summed E-state index contributed by atoms with van der Waals surface area (Å²) in [4.78, 5) is 0. The quantitative estimate of drug-likeness (QED) is 0.490. The van der Waals surface area contributed by atoms with Crippen LogP contribution in [0.5, 0.6) is 0 Å². The van der Waals surface area contributed by atoms with Crippen molar-refractivity contribution in [2.24, 2.45) is 0 Å². The van der Waals surface area contributed by atoms with Gasteiger partial charge in [0.05, 0.1) is 0 Å². The number of hydrogen-bond acceptors (Lipinski definition) is 2. The van der Waals surface area contributed by atoms with E-state index in [9.17, 15) is 0 Å². The first-order chi connectivity index (χ1) is 3.66. The summed E-state index contributed by atoms with van der Waals surface area (Å²) in [5, 5.41) is 0.0671. The Morgan fingerprint density at radius 2 is 1.88 bits per heavy atom. The van der Waals surface area contributed by atoms with Crippen LogP contribution < -0.4 is 0 Å². The van der Waals surface area contributed by atoms with Crippen molar-refractivity contribution in [2.75, 3.05) is 7.11 Å². The largest absolute Gasteiger partial charge is 0.356 e. The van der Waals surface area contributed by atoms with Gasteiger partial charge in [0.2, 0.25) is 0 Å². The van der Waals surface area contributed by atoms with Crippen molar-refractivity contribution in [3.8, 4) is 0 Å². The van der Waals surface area contributed by atoms with Crippen molar-refractivity contribution < 1.29 is 9.47 Å². The van der Waals surface area contributed by atoms with Crippen LogP contribution in [0.15, 0.2) is 0 Å². The van der Waals surface area contributed by atoms with Crippen LogP contribution in [0, 0.1) is 0 Å². The Kier molecular flexibility index (Phi) is 4.51. The highest BCUT2D eigenvalue weighted by Gasteiger charge is 2.00. The third-order valence-corrected chi connectivity index (χ3v) is 0.927. The SMILES string of the molecule is COC(C)OC(C)Br. The van der Waals surface area contributed by atoms with Gasteiger partial charge < -0.3 is 9.47 Å². The van der Waals surface area contributed by atoms with Crippen molar-refractivity contribution >= 4 is 15.9 Å². The molecule has 0 aromatic rings. The lowest BCUT2D eigenvalue weighted by Gasteiger charge is -2.11. The number of hydrogen-bond donors (Lipinski definition) is 0. The molecular formula is C5H11BrO2. The molecule has 3 heteroatoms. The molecular weight excluding hydrogens is 172 g/mol. The summed E-state index contributed by atoms with van der Waals surface area (Å²) in [5.74, 6) is 0. The molecule has 0 spiro atoms. The molecule has 0 rings (SSSR count). The molecule has 8 heavy (non-hydrogen) atoms. The van der Waals surface area contributed by atoms with Gasteiger partial charge in [-0.25, -0.2) is 0 Å². The Hall–Kier alpha value is 0.400. The maximum Gasteiger partial charge on any atom is 0.155 e. The fraction of sp³-hybridized carbons (Fsp3) is 1.00. The van der Waals surface area contributed by atoms with E-state index in [0.29, 0.717) is 0 Å². The van der Waals surface area contributed by atoms with Gasteiger partial charge in [0.15, 0.2) is 6.29 Å². The molecule has 0 aromatic carbocycles. The maximum absolute atomic E-state index is 5.09. The molecule has 0 heterocycles. The normalized spacial score (nSPS) is 18.0. The van der Waals surface area contributed by atoms with Gasteiger partial charge in [0, 0.05) is 7.11 Å². The highest BCUT2D eigenvalue weighted by atomic mass is 79.9. The van der Waals surface area contributed by atoms with Crippen LogP contribution in [0.1, 0.15) is 13.8 Å².